The van der Waals surface area contributed by atoms with Gasteiger partial charge in [0.25, 0.3) is 0 Å². The Hall–Kier alpha value is -5.33. The lowest BCUT2D eigenvalue weighted by atomic mass is 9.75. The molecule has 4 heterocycles. The number of hydrogen-bond acceptors (Lipinski definition) is 5. The summed E-state index contributed by atoms with van der Waals surface area (Å²) in [6.45, 7) is 14.3. The van der Waals surface area contributed by atoms with Gasteiger partial charge in [-0.1, -0.05) is 180 Å². The molecule has 8 aromatic rings. The zero-order valence-corrected chi connectivity index (χ0v) is 36.9. The fraction of sp³-hybridized carbons (Fsp3) is 0.164. The van der Waals surface area contributed by atoms with E-state index in [1.54, 1.807) is 0 Å². The van der Waals surface area contributed by atoms with Crippen LogP contribution in [0.2, 0.25) is 0 Å². The van der Waals surface area contributed by atoms with E-state index in [2.05, 4.69) is 175 Å². The Labute approximate surface area is 365 Å². The zero-order valence-electron chi connectivity index (χ0n) is 34.5. The van der Waals surface area contributed by atoms with Crippen LogP contribution in [0.4, 0.5) is 0 Å². The highest BCUT2D eigenvalue weighted by Crippen LogP contribution is 2.62. The van der Waals surface area contributed by atoms with Gasteiger partial charge in [-0.25, -0.2) is 0 Å². The minimum Gasteiger partial charge on any atom is -0.263 e. The number of nitrogens with zero attached hydrogens (tertiary/aromatic N) is 2. The van der Waals surface area contributed by atoms with E-state index in [0.29, 0.717) is 0 Å². The zero-order chi connectivity index (χ0) is 40.7. The Morgan fingerprint density at radius 2 is 0.850 bits per heavy atom. The van der Waals surface area contributed by atoms with Crippen LogP contribution in [0.15, 0.2) is 175 Å². The molecule has 2 nitrogen and oxygen atoms in total. The van der Waals surface area contributed by atoms with E-state index in [-0.39, 0.29) is 16.2 Å². The van der Waals surface area contributed by atoms with Crippen LogP contribution >= 0.6 is 35.3 Å². The van der Waals surface area contributed by atoms with E-state index >= 15 is 0 Å². The molecule has 0 saturated carbocycles. The van der Waals surface area contributed by atoms with Crippen LogP contribution in [0, 0.1) is 0 Å². The van der Waals surface area contributed by atoms with Gasteiger partial charge in [0, 0.05) is 92.0 Å². The van der Waals surface area contributed by atoms with E-state index in [4.69, 9.17) is 9.97 Å². The van der Waals surface area contributed by atoms with E-state index in [0.717, 1.165) is 22.4 Å². The molecule has 0 unspecified atom stereocenters. The van der Waals surface area contributed by atoms with Gasteiger partial charge in [0.1, 0.15) is 0 Å². The van der Waals surface area contributed by atoms with Gasteiger partial charge in [-0.2, -0.15) is 0 Å². The molecule has 12 rings (SSSR count). The highest BCUT2D eigenvalue weighted by Gasteiger charge is 2.43. The fourth-order valence-electron chi connectivity index (χ4n) is 10.7. The SMILES string of the molecule is CC1(C)c2cccc(-c3cncc(-c4cccc5c4Sc4c(ccc6c4-c4ccccc4C6(C)C)S5)c3-c3ccccn3)c2Sc2c1ccc1c2-c2ccccc2C1(C)C. The highest BCUT2D eigenvalue weighted by atomic mass is 32.2. The lowest BCUT2D eigenvalue weighted by Gasteiger charge is -2.37. The number of aromatic nitrogens is 2. The van der Waals surface area contributed by atoms with Gasteiger partial charge in [-0.15, -0.1) is 0 Å². The Kier molecular flexibility index (Phi) is 7.82. The molecule has 0 N–H and O–H groups in total. The standard InChI is InChI=1S/C55H42N2S3/c1-53(2)37-19-9-7-15-33(37)47-39(53)24-25-42-51(47)59-49-31(17-13-21-41(49)55(42,5)6)35-29-56-30-36(46(35)43-22-11-12-28-57-43)32-18-14-23-44-50(32)60-52-45(58-44)27-26-40-48(52)34-16-8-10-20-38(34)54(40,3)4/h7-30H,1-6H3. The monoisotopic (exact) mass is 826 g/mol. The van der Waals surface area contributed by atoms with Gasteiger partial charge in [0.2, 0.25) is 0 Å². The molecule has 60 heavy (non-hydrogen) atoms. The molecule has 0 spiro atoms. The van der Waals surface area contributed by atoms with Gasteiger partial charge in [-0.3, -0.25) is 9.97 Å². The summed E-state index contributed by atoms with van der Waals surface area (Å²) in [6.07, 6.45) is 6.08. The molecule has 5 heteroatoms. The summed E-state index contributed by atoms with van der Waals surface area (Å²) < 4.78 is 0. The molecule has 0 atom stereocenters. The molecule has 2 aliphatic heterocycles. The quantitative estimate of drug-likeness (QED) is 0.177. The van der Waals surface area contributed by atoms with Gasteiger partial charge in [0.05, 0.1) is 5.69 Å². The predicted molar refractivity (Wildman–Crippen MR) is 251 cm³/mol. The smallest absolute Gasteiger partial charge is 0.0715 e. The van der Waals surface area contributed by atoms with Gasteiger partial charge < -0.3 is 0 Å². The summed E-state index contributed by atoms with van der Waals surface area (Å²) in [5, 5.41) is 0. The van der Waals surface area contributed by atoms with Crippen LogP contribution in [0.3, 0.4) is 0 Å². The first-order valence-electron chi connectivity index (χ1n) is 20.8. The van der Waals surface area contributed by atoms with Crippen molar-refractivity contribution in [3.05, 3.63) is 179 Å². The second kappa shape index (κ2) is 12.8. The Balaban J connectivity index is 1.06. The van der Waals surface area contributed by atoms with Crippen molar-refractivity contribution in [2.75, 3.05) is 0 Å². The molecule has 290 valence electrons. The van der Waals surface area contributed by atoms with Gasteiger partial charge in [-0.05, 0) is 79.9 Å². The molecule has 0 amide bonds. The normalized spacial score (nSPS) is 16.4. The molecule has 6 aromatic carbocycles. The second-order valence-electron chi connectivity index (χ2n) is 18.1. The first-order valence-corrected chi connectivity index (χ1v) is 23.3. The topological polar surface area (TPSA) is 25.8 Å². The number of pyridine rings is 2. The molecular weight excluding hydrogens is 785 g/mol. The molecule has 4 aliphatic rings. The summed E-state index contributed by atoms with van der Waals surface area (Å²) in [5.41, 5.74) is 20.2. The number of rotatable bonds is 3. The third-order valence-electron chi connectivity index (χ3n) is 13.8. The van der Waals surface area contributed by atoms with Crippen molar-refractivity contribution in [2.24, 2.45) is 0 Å². The number of hydrogen-bond donors (Lipinski definition) is 0. The summed E-state index contributed by atoms with van der Waals surface area (Å²) >= 11 is 5.76. The number of fused-ring (bicyclic) bond motifs is 12. The average Bonchev–Trinajstić information content (AvgIpc) is 3.65. The average molecular weight is 827 g/mol. The predicted octanol–water partition coefficient (Wildman–Crippen LogP) is 15.5. The van der Waals surface area contributed by atoms with Crippen molar-refractivity contribution < 1.29 is 0 Å². The lowest BCUT2D eigenvalue weighted by Crippen LogP contribution is -2.25. The minimum absolute atomic E-state index is 0.0576. The first kappa shape index (κ1) is 36.5. The molecule has 0 fully saturated rings. The first-order chi connectivity index (χ1) is 29.0. The van der Waals surface area contributed by atoms with Crippen LogP contribution in [-0.2, 0) is 16.2 Å². The van der Waals surface area contributed by atoms with Gasteiger partial charge in [0.15, 0.2) is 0 Å². The minimum atomic E-state index is -0.216. The van der Waals surface area contributed by atoms with Crippen LogP contribution in [0.1, 0.15) is 74.9 Å². The number of benzene rings is 6. The van der Waals surface area contributed by atoms with Gasteiger partial charge >= 0.3 is 0 Å². The summed E-state index contributed by atoms with van der Waals surface area (Å²) in [6, 6.07) is 47.5. The Morgan fingerprint density at radius 3 is 1.53 bits per heavy atom. The molecule has 0 saturated heterocycles. The Morgan fingerprint density at radius 1 is 0.350 bits per heavy atom. The lowest BCUT2D eigenvalue weighted by molar-refractivity contribution is 0.605. The molecule has 0 bridgehead atoms. The summed E-state index contributed by atoms with van der Waals surface area (Å²) in [5.74, 6) is 0. The van der Waals surface area contributed by atoms with E-state index < -0.39 is 0 Å². The van der Waals surface area contributed by atoms with Crippen molar-refractivity contribution >= 4 is 35.3 Å². The molecular formula is C55H42N2S3. The van der Waals surface area contributed by atoms with Crippen molar-refractivity contribution in [3.63, 3.8) is 0 Å². The van der Waals surface area contributed by atoms with Crippen LogP contribution in [0.25, 0.3) is 55.8 Å². The summed E-state index contributed by atoms with van der Waals surface area (Å²) in [4.78, 5) is 18.1. The third-order valence-corrected chi connectivity index (χ3v) is 17.7. The third kappa shape index (κ3) is 4.94. The summed E-state index contributed by atoms with van der Waals surface area (Å²) in [7, 11) is 0. The van der Waals surface area contributed by atoms with Crippen molar-refractivity contribution in [2.45, 2.75) is 87.2 Å². The van der Waals surface area contributed by atoms with Crippen molar-refractivity contribution in [1.82, 2.24) is 9.97 Å². The van der Waals surface area contributed by atoms with E-state index in [9.17, 15) is 0 Å². The maximum Gasteiger partial charge on any atom is 0.0715 e. The largest absolute Gasteiger partial charge is 0.263 e. The van der Waals surface area contributed by atoms with Crippen LogP contribution in [-0.4, -0.2) is 9.97 Å². The maximum atomic E-state index is 5.11. The second-order valence-corrected chi connectivity index (χ2v) is 21.2. The van der Waals surface area contributed by atoms with Crippen molar-refractivity contribution in [1.29, 1.82) is 0 Å². The van der Waals surface area contributed by atoms with Crippen molar-refractivity contribution in [3.8, 4) is 55.8 Å². The van der Waals surface area contributed by atoms with Crippen LogP contribution in [0.5, 0.6) is 0 Å². The highest BCUT2D eigenvalue weighted by molar-refractivity contribution is 8.05. The Bertz CT molecular complexity index is 3160. The molecule has 2 aliphatic carbocycles. The molecule has 0 radical (unpaired) electrons. The van der Waals surface area contributed by atoms with E-state index in [1.165, 1.54) is 96.1 Å². The van der Waals surface area contributed by atoms with Crippen LogP contribution < -0.4 is 0 Å². The maximum absolute atomic E-state index is 5.11. The molecule has 2 aromatic heterocycles. The fourth-order valence-corrected chi connectivity index (χ4v) is 14.9. The van der Waals surface area contributed by atoms with E-state index in [1.807, 2.05) is 47.5 Å².